The van der Waals surface area contributed by atoms with E-state index in [9.17, 15) is 9.18 Å². The van der Waals surface area contributed by atoms with Crippen LogP contribution in [0.4, 0.5) is 4.39 Å². The monoisotopic (exact) mass is 456 g/mol. The molecule has 5 nitrogen and oxygen atoms in total. The molecule has 0 aliphatic heterocycles. The number of benzene rings is 2. The predicted octanol–water partition coefficient (Wildman–Crippen LogP) is 5.35. The lowest BCUT2D eigenvalue weighted by atomic mass is 10.1. The van der Waals surface area contributed by atoms with Crippen LogP contribution in [0.2, 0.25) is 10.0 Å². The first kappa shape index (κ1) is 21.3. The Labute approximate surface area is 188 Å². The Balaban J connectivity index is 1.68. The summed E-state index contributed by atoms with van der Waals surface area (Å²) in [7, 11) is 0. The molecule has 0 fully saturated rings. The fourth-order valence-electron chi connectivity index (χ4n) is 3.44. The molecule has 0 unspecified atom stereocenters. The van der Waals surface area contributed by atoms with Gasteiger partial charge in [-0.15, -0.1) is 0 Å². The number of nitrogens with one attached hydrogen (secondary N) is 1. The van der Waals surface area contributed by atoms with Crippen LogP contribution < -0.4 is 5.32 Å². The molecule has 0 saturated heterocycles. The van der Waals surface area contributed by atoms with Gasteiger partial charge >= 0.3 is 0 Å². The molecule has 0 radical (unpaired) electrons. The van der Waals surface area contributed by atoms with E-state index in [1.165, 1.54) is 12.1 Å². The van der Waals surface area contributed by atoms with E-state index < -0.39 is 6.04 Å². The van der Waals surface area contributed by atoms with Crippen molar-refractivity contribution in [3.05, 3.63) is 93.7 Å². The van der Waals surface area contributed by atoms with Gasteiger partial charge in [-0.2, -0.15) is 0 Å². The van der Waals surface area contributed by atoms with Gasteiger partial charge in [0.2, 0.25) is 5.91 Å². The Morgan fingerprint density at radius 3 is 2.58 bits per heavy atom. The van der Waals surface area contributed by atoms with Crippen molar-refractivity contribution in [3.8, 4) is 0 Å². The number of nitrogens with zero attached hydrogens (tertiary/aromatic N) is 3. The molecule has 2 heterocycles. The molecule has 158 valence electrons. The van der Waals surface area contributed by atoms with Gasteiger partial charge in [-0.1, -0.05) is 41.4 Å². The summed E-state index contributed by atoms with van der Waals surface area (Å²) in [6, 6.07) is 12.8. The van der Waals surface area contributed by atoms with Crippen LogP contribution in [0.3, 0.4) is 0 Å². The molecule has 2 aromatic heterocycles. The minimum atomic E-state index is -0.561. The molecule has 4 rings (SSSR count). The zero-order valence-electron chi connectivity index (χ0n) is 16.6. The fraction of sp³-hybridized carbons (Fsp3) is 0.174. The number of carbonyl (C=O) groups is 1. The number of carbonyl (C=O) groups excluding carboxylic acids is 1. The van der Waals surface area contributed by atoms with Crippen molar-refractivity contribution in [3.63, 3.8) is 0 Å². The molecule has 0 bridgehead atoms. The van der Waals surface area contributed by atoms with Crippen molar-refractivity contribution in [2.75, 3.05) is 0 Å². The molecule has 8 heteroatoms. The second kappa shape index (κ2) is 9.04. The van der Waals surface area contributed by atoms with E-state index in [2.05, 4.69) is 10.3 Å². The number of aromatic nitrogens is 3. The Morgan fingerprint density at radius 2 is 1.87 bits per heavy atom. The molecule has 4 aromatic rings. The van der Waals surface area contributed by atoms with Crippen molar-refractivity contribution < 1.29 is 9.18 Å². The summed E-state index contributed by atoms with van der Waals surface area (Å²) in [5.41, 5.74) is 3.12. The van der Waals surface area contributed by atoms with Gasteiger partial charge in [-0.05, 0) is 48.4 Å². The number of imidazole rings is 1. The van der Waals surface area contributed by atoms with Crippen LogP contribution in [0, 0.1) is 5.82 Å². The van der Waals surface area contributed by atoms with E-state index in [0.717, 1.165) is 11.1 Å². The lowest BCUT2D eigenvalue weighted by molar-refractivity contribution is -0.124. The van der Waals surface area contributed by atoms with Crippen LogP contribution in [0.1, 0.15) is 29.9 Å². The molecule has 0 spiro atoms. The van der Waals surface area contributed by atoms with Crippen LogP contribution >= 0.6 is 23.2 Å². The van der Waals surface area contributed by atoms with Crippen molar-refractivity contribution >= 4 is 40.1 Å². The van der Waals surface area contributed by atoms with Crippen molar-refractivity contribution in [1.82, 2.24) is 19.9 Å². The van der Waals surface area contributed by atoms with Crippen LogP contribution in [-0.2, 0) is 17.8 Å². The van der Waals surface area contributed by atoms with E-state index in [4.69, 9.17) is 28.2 Å². The van der Waals surface area contributed by atoms with Crippen LogP contribution in [0.5, 0.6) is 0 Å². The molecule has 1 N–H and O–H groups in total. The Kier molecular flexibility index (Phi) is 6.20. The van der Waals surface area contributed by atoms with Gasteiger partial charge in [0.05, 0.1) is 21.1 Å². The summed E-state index contributed by atoms with van der Waals surface area (Å²) in [6.07, 6.45) is 3.81. The second-order valence-electron chi connectivity index (χ2n) is 7.21. The maximum atomic E-state index is 13.3. The summed E-state index contributed by atoms with van der Waals surface area (Å²) >= 11 is 12.4. The van der Waals surface area contributed by atoms with Gasteiger partial charge in [0.25, 0.3) is 0 Å². The van der Waals surface area contributed by atoms with E-state index in [-0.39, 0.29) is 11.7 Å². The van der Waals surface area contributed by atoms with Crippen LogP contribution in [0.15, 0.2) is 60.9 Å². The quantitative estimate of drug-likeness (QED) is 0.425. The molecule has 2 aromatic carbocycles. The van der Waals surface area contributed by atoms with Gasteiger partial charge in [0.15, 0.2) is 0 Å². The normalized spacial score (nSPS) is 12.1. The highest BCUT2D eigenvalue weighted by molar-refractivity contribution is 6.42. The number of rotatable bonds is 6. The smallest absolute Gasteiger partial charge is 0.243 e. The van der Waals surface area contributed by atoms with Crippen LogP contribution in [0.25, 0.3) is 11.0 Å². The molecule has 0 aliphatic rings. The fourth-order valence-corrected chi connectivity index (χ4v) is 3.75. The summed E-state index contributed by atoms with van der Waals surface area (Å²) in [6.45, 7) is 2.17. The molecular weight excluding hydrogens is 438 g/mol. The zero-order valence-corrected chi connectivity index (χ0v) is 18.2. The summed E-state index contributed by atoms with van der Waals surface area (Å²) in [5, 5.41) is 3.71. The highest BCUT2D eigenvalue weighted by Gasteiger charge is 2.22. The van der Waals surface area contributed by atoms with Gasteiger partial charge in [-0.3, -0.25) is 9.78 Å². The summed E-state index contributed by atoms with van der Waals surface area (Å²) in [4.78, 5) is 21.7. The largest absolute Gasteiger partial charge is 0.350 e. The van der Waals surface area contributed by atoms with E-state index >= 15 is 0 Å². The minimum Gasteiger partial charge on any atom is -0.350 e. The number of halogens is 3. The molecular formula is C23H19Cl2FN4O. The van der Waals surface area contributed by atoms with Gasteiger partial charge in [0, 0.05) is 25.4 Å². The average molecular weight is 457 g/mol. The zero-order chi connectivity index (χ0) is 22.0. The Hall–Kier alpha value is -2.96. The van der Waals surface area contributed by atoms with Gasteiger partial charge in [-0.25, -0.2) is 9.37 Å². The van der Waals surface area contributed by atoms with Crippen molar-refractivity contribution in [2.24, 2.45) is 0 Å². The van der Waals surface area contributed by atoms with Gasteiger partial charge < -0.3 is 9.88 Å². The first-order valence-electron chi connectivity index (χ1n) is 9.69. The van der Waals surface area contributed by atoms with E-state index in [0.29, 0.717) is 39.9 Å². The highest BCUT2D eigenvalue weighted by Crippen LogP contribution is 2.31. The topological polar surface area (TPSA) is 59.8 Å². The molecule has 31 heavy (non-hydrogen) atoms. The first-order valence-corrected chi connectivity index (χ1v) is 10.4. The summed E-state index contributed by atoms with van der Waals surface area (Å²) < 4.78 is 15.2. The highest BCUT2D eigenvalue weighted by atomic mass is 35.5. The number of pyridine rings is 1. The standard InChI is InChI=1S/C23H19Cl2FN4O/c1-14(23(31)28-13-16-3-2-8-27-12-16)30-21-11-19(25)18(24)10-20(21)29-22(30)9-15-4-6-17(26)7-5-15/h2-8,10-12,14H,9,13H2,1H3,(H,28,31)/t14-/m1/s1. The number of hydrogen-bond acceptors (Lipinski definition) is 3. The molecule has 1 amide bonds. The van der Waals surface area contributed by atoms with Crippen LogP contribution in [-0.4, -0.2) is 20.4 Å². The van der Waals surface area contributed by atoms with E-state index in [1.54, 1.807) is 43.6 Å². The first-order chi connectivity index (χ1) is 14.9. The second-order valence-corrected chi connectivity index (χ2v) is 8.03. The Bertz CT molecular complexity index is 1230. The maximum Gasteiger partial charge on any atom is 0.243 e. The lowest BCUT2D eigenvalue weighted by Gasteiger charge is -2.18. The third kappa shape index (κ3) is 4.70. The van der Waals surface area contributed by atoms with E-state index in [1.807, 2.05) is 16.7 Å². The third-order valence-corrected chi connectivity index (χ3v) is 5.76. The minimum absolute atomic E-state index is 0.172. The SMILES string of the molecule is C[C@H](C(=O)NCc1cccnc1)n1c(Cc2ccc(F)cc2)nc2cc(Cl)c(Cl)cc21. The number of amides is 1. The third-order valence-electron chi connectivity index (χ3n) is 5.04. The molecule has 1 atom stereocenters. The molecule has 0 aliphatic carbocycles. The summed E-state index contributed by atoms with van der Waals surface area (Å²) in [5.74, 6) is 0.178. The number of fused-ring (bicyclic) bond motifs is 1. The predicted molar refractivity (Wildman–Crippen MR) is 120 cm³/mol. The number of hydrogen-bond donors (Lipinski definition) is 1. The van der Waals surface area contributed by atoms with Crippen molar-refractivity contribution in [1.29, 1.82) is 0 Å². The Morgan fingerprint density at radius 1 is 1.13 bits per heavy atom. The van der Waals surface area contributed by atoms with Gasteiger partial charge in [0.1, 0.15) is 17.7 Å². The average Bonchev–Trinajstić information content (AvgIpc) is 3.10. The van der Waals surface area contributed by atoms with Crippen molar-refractivity contribution in [2.45, 2.75) is 25.9 Å². The lowest BCUT2D eigenvalue weighted by Crippen LogP contribution is -2.31. The molecule has 0 saturated carbocycles. The maximum absolute atomic E-state index is 13.3.